The first-order valence-electron chi connectivity index (χ1n) is 20.0. The summed E-state index contributed by atoms with van der Waals surface area (Å²) in [6.07, 6.45) is 0. The zero-order valence-electron chi connectivity index (χ0n) is 31.4. The van der Waals surface area contributed by atoms with E-state index < -0.39 is 0 Å². The van der Waals surface area contributed by atoms with Gasteiger partial charge in [0, 0.05) is 54.5 Å². The van der Waals surface area contributed by atoms with E-state index in [1.54, 1.807) is 0 Å². The third kappa shape index (κ3) is 4.13. The van der Waals surface area contributed by atoms with Gasteiger partial charge >= 0.3 is 0 Å². The molecule has 270 valence electrons. The van der Waals surface area contributed by atoms with Gasteiger partial charge in [0.2, 0.25) is 0 Å². The zero-order chi connectivity index (χ0) is 37.9. The molecule has 0 N–H and O–H groups in total. The molecule has 4 heteroatoms. The topological polar surface area (TPSA) is 19.7 Å². The average Bonchev–Trinajstić information content (AvgIpc) is 4.02. The first-order chi connectivity index (χ1) is 28.8. The van der Waals surface area contributed by atoms with E-state index in [9.17, 15) is 0 Å². The van der Waals surface area contributed by atoms with Crippen LogP contribution in [0.2, 0.25) is 0 Å². The van der Waals surface area contributed by atoms with Crippen LogP contribution in [0, 0.1) is 0 Å². The maximum Gasteiger partial charge on any atom is 0.0703 e. The van der Waals surface area contributed by atoms with E-state index in [0.717, 1.165) is 22.7 Å². The summed E-state index contributed by atoms with van der Waals surface area (Å²) in [6.45, 7) is 0. The molecule has 4 aromatic heterocycles. The molecular weight excluding hydrogens is 705 g/mol. The molecule has 58 heavy (non-hydrogen) atoms. The second-order valence-electron chi connectivity index (χ2n) is 15.3. The largest absolute Gasteiger partial charge is 0.309 e. The highest BCUT2D eigenvalue weighted by atomic mass is 15.1. The Morgan fingerprint density at radius 1 is 0.207 bits per heavy atom. The van der Waals surface area contributed by atoms with E-state index in [2.05, 4.69) is 225 Å². The van der Waals surface area contributed by atoms with Crippen molar-refractivity contribution < 1.29 is 0 Å². The highest BCUT2D eigenvalue weighted by molar-refractivity contribution is 6.28. The smallest absolute Gasteiger partial charge is 0.0703 e. The minimum Gasteiger partial charge on any atom is -0.309 e. The van der Waals surface area contributed by atoms with Gasteiger partial charge in [-0.2, -0.15) is 0 Å². The molecule has 4 nitrogen and oxygen atoms in total. The van der Waals surface area contributed by atoms with Crippen LogP contribution in [0.3, 0.4) is 0 Å². The number of fused-ring (bicyclic) bond motifs is 14. The van der Waals surface area contributed by atoms with Crippen molar-refractivity contribution >= 4 is 87.2 Å². The third-order valence-corrected chi connectivity index (χ3v) is 12.3. The lowest BCUT2D eigenvalue weighted by atomic mass is 10.1. The molecule has 0 bridgehead atoms. The van der Waals surface area contributed by atoms with E-state index in [-0.39, 0.29) is 0 Å². The molecule has 0 saturated carbocycles. The Kier molecular flexibility index (Phi) is 6.41. The standard InChI is InChI=1S/C54H34N4/c1-3-17-35(18-4-1)55-45-27-13-9-23-41(45)51-49(55)33-31-39-37-21-7-11-25-43(37)57(53(39)51)47-29-15-16-30-48(47)58-44-26-12-8-22-38(44)40-32-34-50-52(54(40)58)42-24-10-14-28-46(42)56(50)36-19-5-2-6-20-36/h1-34H. The number of aromatic nitrogens is 4. The van der Waals surface area contributed by atoms with Crippen LogP contribution in [-0.4, -0.2) is 18.3 Å². The Hall–Kier alpha value is -7.82. The number of hydrogen-bond donors (Lipinski definition) is 0. The molecule has 0 unspecified atom stereocenters. The summed E-state index contributed by atoms with van der Waals surface area (Å²) in [7, 11) is 0. The molecule has 0 fully saturated rings. The Morgan fingerprint density at radius 2 is 0.534 bits per heavy atom. The van der Waals surface area contributed by atoms with E-state index in [0.29, 0.717) is 0 Å². The van der Waals surface area contributed by atoms with Gasteiger partial charge in [-0.25, -0.2) is 0 Å². The van der Waals surface area contributed by atoms with Crippen LogP contribution in [0.4, 0.5) is 0 Å². The van der Waals surface area contributed by atoms with E-state index in [1.807, 2.05) is 0 Å². The number of para-hydroxylation sites is 8. The van der Waals surface area contributed by atoms with Gasteiger partial charge in [-0.05, 0) is 72.8 Å². The molecule has 0 atom stereocenters. The molecular formula is C54H34N4. The van der Waals surface area contributed by atoms with Gasteiger partial charge in [0.05, 0.1) is 55.5 Å². The average molecular weight is 739 g/mol. The molecule has 0 aliphatic carbocycles. The van der Waals surface area contributed by atoms with Crippen LogP contribution >= 0.6 is 0 Å². The lowest BCUT2D eigenvalue weighted by molar-refractivity contribution is 1.10. The first kappa shape index (κ1) is 31.4. The monoisotopic (exact) mass is 738 g/mol. The minimum atomic E-state index is 1.13. The number of rotatable bonds is 4. The van der Waals surface area contributed by atoms with Crippen molar-refractivity contribution in [3.63, 3.8) is 0 Å². The fourth-order valence-electron chi connectivity index (χ4n) is 10.1. The Morgan fingerprint density at radius 3 is 0.948 bits per heavy atom. The molecule has 0 aliphatic rings. The van der Waals surface area contributed by atoms with Crippen molar-refractivity contribution in [1.29, 1.82) is 0 Å². The maximum absolute atomic E-state index is 2.54. The van der Waals surface area contributed by atoms with Crippen LogP contribution < -0.4 is 0 Å². The van der Waals surface area contributed by atoms with E-state index >= 15 is 0 Å². The fourth-order valence-corrected chi connectivity index (χ4v) is 10.1. The molecule has 13 rings (SSSR count). The molecule has 0 spiro atoms. The predicted molar refractivity (Wildman–Crippen MR) is 244 cm³/mol. The molecule has 4 heterocycles. The van der Waals surface area contributed by atoms with Crippen LogP contribution in [0.15, 0.2) is 206 Å². The second kappa shape index (κ2) is 11.8. The molecule has 0 saturated heterocycles. The van der Waals surface area contributed by atoms with Gasteiger partial charge in [-0.3, -0.25) is 0 Å². The van der Waals surface area contributed by atoms with Crippen LogP contribution in [0.1, 0.15) is 0 Å². The zero-order valence-corrected chi connectivity index (χ0v) is 31.4. The van der Waals surface area contributed by atoms with E-state index in [4.69, 9.17) is 0 Å². The summed E-state index contributed by atoms with van der Waals surface area (Å²) >= 11 is 0. The van der Waals surface area contributed by atoms with Crippen molar-refractivity contribution in [3.05, 3.63) is 206 Å². The third-order valence-electron chi connectivity index (χ3n) is 12.3. The molecule has 0 radical (unpaired) electrons. The summed E-state index contributed by atoms with van der Waals surface area (Å²) < 4.78 is 9.92. The van der Waals surface area contributed by atoms with Crippen molar-refractivity contribution in [2.45, 2.75) is 0 Å². The minimum absolute atomic E-state index is 1.13. The van der Waals surface area contributed by atoms with Crippen molar-refractivity contribution in [1.82, 2.24) is 18.3 Å². The van der Waals surface area contributed by atoms with Gasteiger partial charge < -0.3 is 18.3 Å². The number of nitrogens with zero attached hydrogens (tertiary/aromatic N) is 4. The van der Waals surface area contributed by atoms with Crippen LogP contribution in [0.5, 0.6) is 0 Å². The first-order valence-corrected chi connectivity index (χ1v) is 20.0. The van der Waals surface area contributed by atoms with Gasteiger partial charge in [0.15, 0.2) is 0 Å². The van der Waals surface area contributed by atoms with Crippen LogP contribution in [-0.2, 0) is 0 Å². The lowest BCUT2D eigenvalue weighted by Gasteiger charge is -2.17. The normalized spacial score (nSPS) is 12.1. The highest BCUT2D eigenvalue weighted by Gasteiger charge is 2.25. The molecule has 0 amide bonds. The summed E-state index contributed by atoms with van der Waals surface area (Å²) in [5.74, 6) is 0. The number of benzene rings is 9. The second-order valence-corrected chi connectivity index (χ2v) is 15.3. The Labute approximate surface area is 333 Å². The van der Waals surface area contributed by atoms with Gasteiger partial charge in [0.25, 0.3) is 0 Å². The van der Waals surface area contributed by atoms with E-state index in [1.165, 1.54) is 87.2 Å². The lowest BCUT2D eigenvalue weighted by Crippen LogP contribution is -2.03. The maximum atomic E-state index is 2.54. The quantitative estimate of drug-likeness (QED) is 0.171. The summed E-state index contributed by atoms with van der Waals surface area (Å²) in [5, 5.41) is 9.93. The molecule has 0 aliphatic heterocycles. The molecule has 9 aromatic carbocycles. The van der Waals surface area contributed by atoms with Crippen molar-refractivity contribution in [3.8, 4) is 22.7 Å². The summed E-state index contributed by atoms with van der Waals surface area (Å²) in [4.78, 5) is 0. The van der Waals surface area contributed by atoms with Crippen molar-refractivity contribution in [2.24, 2.45) is 0 Å². The van der Waals surface area contributed by atoms with Crippen molar-refractivity contribution in [2.75, 3.05) is 0 Å². The summed E-state index contributed by atoms with van der Waals surface area (Å²) in [6, 6.07) is 75.4. The summed E-state index contributed by atoms with van der Waals surface area (Å²) in [5.41, 5.74) is 14.1. The van der Waals surface area contributed by atoms with Gasteiger partial charge in [0.1, 0.15) is 0 Å². The van der Waals surface area contributed by atoms with Gasteiger partial charge in [-0.15, -0.1) is 0 Å². The predicted octanol–water partition coefficient (Wildman–Crippen LogP) is 14.1. The molecule has 13 aromatic rings. The Bertz CT molecular complexity index is 3530. The fraction of sp³-hybridized carbons (Fsp3) is 0. The van der Waals surface area contributed by atoms with Crippen LogP contribution in [0.25, 0.3) is 110 Å². The highest BCUT2D eigenvalue weighted by Crippen LogP contribution is 2.46. The van der Waals surface area contributed by atoms with Gasteiger partial charge in [-0.1, -0.05) is 133 Å². The SMILES string of the molecule is c1ccc(-n2c3ccccc3c3c2ccc2c4ccccc4n(-c4ccccc4-n4c5ccccc5c5ccc6c(c7ccccc7n6-c6ccccc6)c54)c23)cc1. The number of hydrogen-bond acceptors (Lipinski definition) is 0. The Balaban J connectivity index is 1.21.